The van der Waals surface area contributed by atoms with Gasteiger partial charge < -0.3 is 9.84 Å². The highest BCUT2D eigenvalue weighted by Crippen LogP contribution is 2.37. The van der Waals surface area contributed by atoms with Crippen molar-refractivity contribution < 1.29 is 14.6 Å². The Bertz CT molecular complexity index is 558. The Morgan fingerprint density at radius 1 is 1.53 bits per heavy atom. The van der Waals surface area contributed by atoms with Crippen molar-refractivity contribution in [3.63, 3.8) is 0 Å². The van der Waals surface area contributed by atoms with Gasteiger partial charge in [-0.05, 0) is 24.3 Å². The fourth-order valence-corrected chi connectivity index (χ4v) is 2.82. The van der Waals surface area contributed by atoms with Crippen molar-refractivity contribution in [3.8, 4) is 5.75 Å². The third-order valence-electron chi connectivity index (χ3n) is 3.56. The van der Waals surface area contributed by atoms with Gasteiger partial charge in [0.15, 0.2) is 0 Å². The molecule has 0 saturated carbocycles. The lowest BCUT2D eigenvalue weighted by atomic mass is 9.97. The molecule has 0 radical (unpaired) electrons. The fourth-order valence-electron chi connectivity index (χ4n) is 2.66. The maximum absolute atomic E-state index is 10.8. The van der Waals surface area contributed by atoms with E-state index in [1.54, 1.807) is 0 Å². The minimum Gasteiger partial charge on any atom is -0.481 e. The number of ether oxygens (including phenoxy) is 1. The first-order chi connectivity index (χ1) is 9.06. The standard InChI is InChI=1S/C14H14ClNO3/c15-11-2-1-10-3-4-14(19-12(10)7-11)5-6-16(9-14)8-13(17)18/h1-4,7H,5-6,8-9H2,(H,17,18). The monoisotopic (exact) mass is 279 g/mol. The van der Waals surface area contributed by atoms with Crippen LogP contribution in [0.3, 0.4) is 0 Å². The normalized spacial score (nSPS) is 25.3. The molecule has 0 bridgehead atoms. The van der Waals surface area contributed by atoms with E-state index in [1.807, 2.05) is 35.3 Å². The molecule has 1 unspecified atom stereocenters. The van der Waals surface area contributed by atoms with Crippen LogP contribution in [0.1, 0.15) is 12.0 Å². The molecule has 1 fully saturated rings. The van der Waals surface area contributed by atoms with Crippen molar-refractivity contribution in [2.45, 2.75) is 12.0 Å². The molecule has 2 aliphatic rings. The molecular weight excluding hydrogens is 266 g/mol. The molecule has 3 rings (SSSR count). The van der Waals surface area contributed by atoms with Crippen LogP contribution in [0.25, 0.3) is 6.08 Å². The van der Waals surface area contributed by atoms with Crippen LogP contribution in [0.5, 0.6) is 5.75 Å². The Morgan fingerprint density at radius 2 is 2.37 bits per heavy atom. The molecule has 4 nitrogen and oxygen atoms in total. The lowest BCUT2D eigenvalue weighted by molar-refractivity contribution is -0.138. The second-order valence-corrected chi connectivity index (χ2v) is 5.47. The smallest absolute Gasteiger partial charge is 0.317 e. The molecule has 2 aliphatic heterocycles. The highest BCUT2D eigenvalue weighted by Gasteiger charge is 2.40. The number of carboxylic acids is 1. The van der Waals surface area contributed by atoms with Gasteiger partial charge in [0.1, 0.15) is 11.4 Å². The average Bonchev–Trinajstić information content (AvgIpc) is 2.70. The third kappa shape index (κ3) is 2.46. The van der Waals surface area contributed by atoms with Crippen LogP contribution in [0.2, 0.25) is 5.02 Å². The minimum absolute atomic E-state index is 0.0569. The lowest BCUT2D eigenvalue weighted by Crippen LogP contribution is -2.39. The zero-order chi connectivity index (χ0) is 13.5. The van der Waals surface area contributed by atoms with Gasteiger partial charge in [0.25, 0.3) is 0 Å². The number of halogens is 1. The maximum Gasteiger partial charge on any atom is 0.317 e. The second-order valence-electron chi connectivity index (χ2n) is 5.04. The average molecular weight is 280 g/mol. The molecule has 1 aromatic rings. The van der Waals surface area contributed by atoms with Crippen LogP contribution in [-0.2, 0) is 4.79 Å². The van der Waals surface area contributed by atoms with Gasteiger partial charge in [-0.15, -0.1) is 0 Å². The predicted octanol–water partition coefficient (Wildman–Crippen LogP) is 2.27. The molecule has 19 heavy (non-hydrogen) atoms. The summed E-state index contributed by atoms with van der Waals surface area (Å²) < 4.78 is 6.07. The highest BCUT2D eigenvalue weighted by molar-refractivity contribution is 6.30. The van der Waals surface area contributed by atoms with Gasteiger partial charge in [0.05, 0.1) is 6.54 Å². The van der Waals surface area contributed by atoms with Crippen molar-refractivity contribution in [2.24, 2.45) is 0 Å². The van der Waals surface area contributed by atoms with Crippen LogP contribution in [-0.4, -0.2) is 41.2 Å². The molecule has 1 spiro atoms. The van der Waals surface area contributed by atoms with Gasteiger partial charge in [-0.3, -0.25) is 9.69 Å². The fraction of sp³-hybridized carbons (Fsp3) is 0.357. The van der Waals surface area contributed by atoms with E-state index in [2.05, 4.69) is 0 Å². The number of carbonyl (C=O) groups is 1. The minimum atomic E-state index is -0.805. The van der Waals surface area contributed by atoms with Crippen molar-refractivity contribution in [1.82, 2.24) is 4.90 Å². The zero-order valence-corrected chi connectivity index (χ0v) is 11.1. The van der Waals surface area contributed by atoms with Crippen molar-refractivity contribution in [2.75, 3.05) is 19.6 Å². The van der Waals surface area contributed by atoms with E-state index in [1.165, 1.54) is 0 Å². The topological polar surface area (TPSA) is 49.8 Å². The number of hydrogen-bond donors (Lipinski definition) is 1. The van der Waals surface area contributed by atoms with Gasteiger partial charge in [-0.2, -0.15) is 0 Å². The largest absolute Gasteiger partial charge is 0.481 e. The SMILES string of the molecule is O=C(O)CN1CCC2(C=Cc3ccc(Cl)cc3O2)C1. The molecular formula is C14H14ClNO3. The Morgan fingerprint density at radius 3 is 3.16 bits per heavy atom. The molecule has 1 aromatic carbocycles. The molecule has 0 aromatic heterocycles. The predicted molar refractivity (Wildman–Crippen MR) is 72.5 cm³/mol. The van der Waals surface area contributed by atoms with E-state index in [0.29, 0.717) is 11.6 Å². The number of fused-ring (bicyclic) bond motifs is 1. The summed E-state index contributed by atoms with van der Waals surface area (Å²) in [6.45, 7) is 1.38. The van der Waals surface area contributed by atoms with Crippen LogP contribution in [0.15, 0.2) is 24.3 Å². The van der Waals surface area contributed by atoms with E-state index < -0.39 is 11.6 Å². The van der Waals surface area contributed by atoms with Gasteiger partial charge in [0, 0.05) is 30.1 Å². The molecule has 100 valence electrons. The quantitative estimate of drug-likeness (QED) is 0.902. The summed E-state index contributed by atoms with van der Waals surface area (Å²) >= 11 is 5.98. The first kappa shape index (κ1) is 12.5. The van der Waals surface area contributed by atoms with Crippen molar-refractivity contribution in [3.05, 3.63) is 34.9 Å². The summed E-state index contributed by atoms with van der Waals surface area (Å²) in [7, 11) is 0. The van der Waals surface area contributed by atoms with E-state index in [4.69, 9.17) is 21.4 Å². The number of aliphatic carboxylic acids is 1. The molecule has 1 N–H and O–H groups in total. The summed E-state index contributed by atoms with van der Waals surface area (Å²) in [6.07, 6.45) is 4.85. The number of hydrogen-bond acceptors (Lipinski definition) is 3. The summed E-state index contributed by atoms with van der Waals surface area (Å²) in [5.74, 6) is -0.0348. The van der Waals surface area contributed by atoms with Crippen molar-refractivity contribution in [1.29, 1.82) is 0 Å². The lowest BCUT2D eigenvalue weighted by Gasteiger charge is -2.31. The molecule has 1 atom stereocenters. The number of likely N-dealkylation sites (tertiary alicyclic amines) is 1. The molecule has 2 heterocycles. The van der Waals surface area contributed by atoms with Gasteiger partial charge in [0.2, 0.25) is 0 Å². The Balaban J connectivity index is 1.80. The Hall–Kier alpha value is -1.52. The van der Waals surface area contributed by atoms with Crippen LogP contribution >= 0.6 is 11.6 Å². The molecule has 1 saturated heterocycles. The maximum atomic E-state index is 10.8. The number of carboxylic acid groups (broad SMARTS) is 1. The van der Waals surface area contributed by atoms with Gasteiger partial charge >= 0.3 is 5.97 Å². The first-order valence-corrected chi connectivity index (χ1v) is 6.56. The summed E-state index contributed by atoms with van der Waals surface area (Å²) in [5.41, 5.74) is 0.597. The van der Waals surface area contributed by atoms with E-state index in [9.17, 15) is 4.79 Å². The zero-order valence-electron chi connectivity index (χ0n) is 10.3. The van der Waals surface area contributed by atoms with Crippen LogP contribution < -0.4 is 4.74 Å². The number of rotatable bonds is 2. The van der Waals surface area contributed by atoms with Crippen molar-refractivity contribution >= 4 is 23.6 Å². The van der Waals surface area contributed by atoms with Crippen LogP contribution in [0, 0.1) is 0 Å². The van der Waals surface area contributed by atoms with E-state index in [0.717, 1.165) is 24.3 Å². The molecule has 0 aliphatic carbocycles. The molecule has 0 amide bonds. The number of benzene rings is 1. The summed E-state index contributed by atoms with van der Waals surface area (Å²) in [6, 6.07) is 5.56. The van der Waals surface area contributed by atoms with E-state index >= 15 is 0 Å². The molecule has 5 heteroatoms. The second kappa shape index (κ2) is 4.54. The Labute approximate surface area is 116 Å². The van der Waals surface area contributed by atoms with Gasteiger partial charge in [-0.25, -0.2) is 0 Å². The first-order valence-electron chi connectivity index (χ1n) is 6.18. The Kier molecular flexibility index (Phi) is 2.99. The summed E-state index contributed by atoms with van der Waals surface area (Å²) in [5, 5.41) is 9.48. The summed E-state index contributed by atoms with van der Waals surface area (Å²) in [4.78, 5) is 12.6. The number of nitrogens with zero attached hydrogens (tertiary/aromatic N) is 1. The van der Waals surface area contributed by atoms with E-state index in [-0.39, 0.29) is 6.54 Å². The van der Waals surface area contributed by atoms with Gasteiger partial charge in [-0.1, -0.05) is 17.7 Å². The highest BCUT2D eigenvalue weighted by atomic mass is 35.5. The van der Waals surface area contributed by atoms with Crippen LogP contribution in [0.4, 0.5) is 0 Å². The third-order valence-corrected chi connectivity index (χ3v) is 3.79.